The molecule has 2 aliphatic heterocycles. The summed E-state index contributed by atoms with van der Waals surface area (Å²) in [6.07, 6.45) is 9.76. The Morgan fingerprint density at radius 3 is 1.75 bits per heavy atom. The highest BCUT2D eigenvalue weighted by Crippen LogP contribution is 2.37. The SMILES string of the molecule is CC(C)(C)OC(=O)NCCCCCCN(CCCCCCNC(=O)OC(C)(C)C)C1CSCCC12OCCCO2. The summed E-state index contributed by atoms with van der Waals surface area (Å²) < 4.78 is 23.3. The molecule has 234 valence electrons. The summed E-state index contributed by atoms with van der Waals surface area (Å²) in [5, 5.41) is 5.71. The zero-order valence-electron chi connectivity index (χ0n) is 26.1. The molecule has 1 atom stereocenters. The molecule has 9 nitrogen and oxygen atoms in total. The van der Waals surface area contributed by atoms with Crippen LogP contribution in [0.15, 0.2) is 0 Å². The second-order valence-corrected chi connectivity index (χ2v) is 14.1. The number of alkyl carbamates (subject to hydrolysis) is 2. The molecule has 10 heteroatoms. The molecule has 2 N–H and O–H groups in total. The molecular weight excluding hydrogens is 530 g/mol. The van der Waals surface area contributed by atoms with Crippen LogP contribution >= 0.6 is 11.8 Å². The first-order valence-electron chi connectivity index (χ1n) is 15.4. The minimum Gasteiger partial charge on any atom is -0.444 e. The van der Waals surface area contributed by atoms with E-state index in [2.05, 4.69) is 15.5 Å². The van der Waals surface area contributed by atoms with Crippen molar-refractivity contribution in [3.63, 3.8) is 0 Å². The van der Waals surface area contributed by atoms with Gasteiger partial charge in [0.05, 0.1) is 19.3 Å². The van der Waals surface area contributed by atoms with E-state index in [9.17, 15) is 9.59 Å². The predicted molar refractivity (Wildman–Crippen MR) is 162 cm³/mol. The molecule has 0 radical (unpaired) electrons. The summed E-state index contributed by atoms with van der Waals surface area (Å²) in [7, 11) is 0. The molecule has 2 aliphatic rings. The number of hydrogen-bond acceptors (Lipinski definition) is 8. The van der Waals surface area contributed by atoms with E-state index in [1.165, 1.54) is 0 Å². The average Bonchev–Trinajstić information content (AvgIpc) is 2.85. The highest BCUT2D eigenvalue weighted by molar-refractivity contribution is 7.99. The number of thioether (sulfide) groups is 1. The predicted octanol–water partition coefficient (Wildman–Crippen LogP) is 6.10. The van der Waals surface area contributed by atoms with Crippen molar-refractivity contribution in [3.05, 3.63) is 0 Å². The monoisotopic (exact) mass is 587 g/mol. The Morgan fingerprint density at radius 2 is 1.27 bits per heavy atom. The summed E-state index contributed by atoms with van der Waals surface area (Å²) in [6, 6.07) is 0.272. The number of rotatable bonds is 15. The van der Waals surface area contributed by atoms with Gasteiger partial charge in [-0.15, -0.1) is 0 Å². The van der Waals surface area contributed by atoms with Crippen molar-refractivity contribution in [1.82, 2.24) is 15.5 Å². The molecule has 0 aromatic rings. The van der Waals surface area contributed by atoms with E-state index in [0.29, 0.717) is 13.1 Å². The van der Waals surface area contributed by atoms with Gasteiger partial charge in [0.15, 0.2) is 5.79 Å². The lowest BCUT2D eigenvalue weighted by Gasteiger charge is -2.49. The smallest absolute Gasteiger partial charge is 0.407 e. The van der Waals surface area contributed by atoms with Gasteiger partial charge in [-0.25, -0.2) is 9.59 Å². The molecule has 2 rings (SSSR count). The minimum atomic E-state index is -0.467. The molecular formula is C30H57N3O6S. The van der Waals surface area contributed by atoms with Crippen LogP contribution in [0.4, 0.5) is 9.59 Å². The van der Waals surface area contributed by atoms with Crippen molar-refractivity contribution in [2.45, 2.75) is 129 Å². The Balaban J connectivity index is 1.75. The first-order chi connectivity index (χ1) is 18.9. The molecule has 1 spiro atoms. The Morgan fingerprint density at radius 1 is 0.800 bits per heavy atom. The number of ether oxygens (including phenoxy) is 4. The van der Waals surface area contributed by atoms with Crippen LogP contribution in [0.1, 0.15) is 106 Å². The second kappa shape index (κ2) is 17.7. The van der Waals surface area contributed by atoms with E-state index in [-0.39, 0.29) is 18.2 Å². The van der Waals surface area contributed by atoms with E-state index < -0.39 is 17.0 Å². The summed E-state index contributed by atoms with van der Waals surface area (Å²) in [5.74, 6) is 1.66. The number of unbranched alkanes of at least 4 members (excludes halogenated alkanes) is 6. The van der Waals surface area contributed by atoms with Crippen LogP contribution in [-0.4, -0.2) is 91.0 Å². The maximum absolute atomic E-state index is 11.8. The van der Waals surface area contributed by atoms with Crippen LogP contribution in [0.5, 0.6) is 0 Å². The molecule has 2 amide bonds. The van der Waals surface area contributed by atoms with Crippen molar-refractivity contribution < 1.29 is 28.5 Å². The Kier molecular flexibility index (Phi) is 15.4. The quantitative estimate of drug-likeness (QED) is 0.222. The number of hydrogen-bond donors (Lipinski definition) is 2. The number of nitrogens with zero attached hydrogens (tertiary/aromatic N) is 1. The lowest BCUT2D eigenvalue weighted by molar-refractivity contribution is -0.294. The van der Waals surface area contributed by atoms with E-state index in [1.807, 2.05) is 53.3 Å². The van der Waals surface area contributed by atoms with Gasteiger partial charge in [0.25, 0.3) is 0 Å². The van der Waals surface area contributed by atoms with E-state index in [0.717, 1.165) is 102 Å². The molecule has 0 bridgehead atoms. The van der Waals surface area contributed by atoms with E-state index in [4.69, 9.17) is 18.9 Å². The molecule has 2 heterocycles. The number of amides is 2. The van der Waals surface area contributed by atoms with E-state index in [1.54, 1.807) is 0 Å². The lowest BCUT2D eigenvalue weighted by Crippen LogP contribution is -2.61. The molecule has 40 heavy (non-hydrogen) atoms. The van der Waals surface area contributed by atoms with Gasteiger partial charge in [-0.3, -0.25) is 4.90 Å². The summed E-state index contributed by atoms with van der Waals surface area (Å²) in [4.78, 5) is 26.3. The van der Waals surface area contributed by atoms with Gasteiger partial charge in [0, 0.05) is 25.3 Å². The fourth-order valence-electron chi connectivity index (χ4n) is 5.03. The van der Waals surface area contributed by atoms with Crippen LogP contribution in [0.25, 0.3) is 0 Å². The summed E-state index contributed by atoms with van der Waals surface area (Å²) in [5.41, 5.74) is -0.934. The van der Waals surface area contributed by atoms with Crippen LogP contribution in [0.2, 0.25) is 0 Å². The molecule has 0 aromatic carbocycles. The van der Waals surface area contributed by atoms with Crippen molar-refractivity contribution in [1.29, 1.82) is 0 Å². The average molecular weight is 588 g/mol. The highest BCUT2D eigenvalue weighted by atomic mass is 32.2. The third-order valence-corrected chi connectivity index (χ3v) is 7.93. The molecule has 0 aromatic heterocycles. The summed E-state index contributed by atoms with van der Waals surface area (Å²) >= 11 is 2.01. The lowest BCUT2D eigenvalue weighted by atomic mass is 10.0. The van der Waals surface area contributed by atoms with Gasteiger partial charge in [-0.2, -0.15) is 11.8 Å². The second-order valence-electron chi connectivity index (χ2n) is 12.9. The van der Waals surface area contributed by atoms with Gasteiger partial charge < -0.3 is 29.6 Å². The Bertz CT molecular complexity index is 684. The van der Waals surface area contributed by atoms with Gasteiger partial charge >= 0.3 is 12.2 Å². The first-order valence-corrected chi connectivity index (χ1v) is 16.6. The third kappa shape index (κ3) is 14.6. The van der Waals surface area contributed by atoms with Crippen LogP contribution in [0.3, 0.4) is 0 Å². The summed E-state index contributed by atoms with van der Waals surface area (Å²) in [6.45, 7) is 16.2. The molecule has 0 aliphatic carbocycles. The van der Waals surface area contributed by atoms with Crippen molar-refractivity contribution in [2.75, 3.05) is 50.9 Å². The van der Waals surface area contributed by atoms with E-state index >= 15 is 0 Å². The van der Waals surface area contributed by atoms with Crippen LogP contribution in [-0.2, 0) is 18.9 Å². The molecule has 2 fully saturated rings. The fraction of sp³-hybridized carbons (Fsp3) is 0.933. The number of carbonyl (C=O) groups is 2. The first kappa shape index (κ1) is 35.0. The number of nitrogens with one attached hydrogen (secondary N) is 2. The standard InChI is InChI=1S/C30H57N3O6S/c1-28(2,3)38-26(34)31-17-11-7-9-13-19-33(25-24-40-23-16-30(25)36-21-15-22-37-30)20-14-10-8-12-18-32-27(35)39-29(4,5)6/h25H,7-24H2,1-6H3,(H,31,34)(H,32,35). The Labute approximate surface area is 247 Å². The van der Waals surface area contributed by atoms with Crippen molar-refractivity contribution in [2.24, 2.45) is 0 Å². The maximum Gasteiger partial charge on any atom is 0.407 e. The normalized spacial score (nSPS) is 19.4. The molecule has 0 saturated carbocycles. The van der Waals surface area contributed by atoms with Gasteiger partial charge in [0.1, 0.15) is 11.2 Å². The van der Waals surface area contributed by atoms with Crippen molar-refractivity contribution >= 4 is 23.9 Å². The highest BCUT2D eigenvalue weighted by Gasteiger charge is 2.47. The largest absolute Gasteiger partial charge is 0.444 e. The zero-order valence-corrected chi connectivity index (χ0v) is 26.9. The van der Waals surface area contributed by atoms with Crippen LogP contribution < -0.4 is 10.6 Å². The topological polar surface area (TPSA) is 98.4 Å². The maximum atomic E-state index is 11.8. The molecule has 1 unspecified atom stereocenters. The third-order valence-electron chi connectivity index (χ3n) is 6.88. The van der Waals surface area contributed by atoms with Gasteiger partial charge in [-0.1, -0.05) is 25.7 Å². The number of carbonyl (C=O) groups excluding carboxylic acids is 2. The van der Waals surface area contributed by atoms with Gasteiger partial charge in [-0.05, 0) is 92.5 Å². The fourth-order valence-corrected chi connectivity index (χ4v) is 6.32. The van der Waals surface area contributed by atoms with Crippen LogP contribution in [0, 0.1) is 0 Å². The molecule has 2 saturated heterocycles. The minimum absolute atomic E-state index is 0.272. The van der Waals surface area contributed by atoms with Crippen molar-refractivity contribution in [3.8, 4) is 0 Å². The zero-order chi connectivity index (χ0) is 29.5. The van der Waals surface area contributed by atoms with Gasteiger partial charge in [0.2, 0.25) is 0 Å². The Hall–Kier alpha value is -1.23.